The number of benzene rings is 3. The van der Waals surface area contributed by atoms with Crippen molar-refractivity contribution in [3.8, 4) is 0 Å². The molecule has 0 radical (unpaired) electrons. The zero-order chi connectivity index (χ0) is 29.3. The first-order valence-electron chi connectivity index (χ1n) is 12.7. The Kier molecular flexibility index (Phi) is 7.92. The van der Waals surface area contributed by atoms with Crippen molar-refractivity contribution in [2.45, 2.75) is 0 Å². The number of hydrogen-bond donors (Lipinski definition) is 1. The number of ether oxygens (including phenoxy) is 1. The number of rotatable bonds is 6. The molecule has 3 aromatic carbocycles. The molecule has 14 heteroatoms. The molecule has 0 aliphatic carbocycles. The number of non-ortho nitro benzene ring substituents is 1. The smallest absolute Gasteiger partial charge is 0.270 e. The number of anilines is 4. The first-order valence-corrected chi connectivity index (χ1v) is 12.7. The van der Waals surface area contributed by atoms with E-state index in [1.165, 1.54) is 12.1 Å². The molecular formula is C27H24F5N5O4. The van der Waals surface area contributed by atoms with Crippen LogP contribution in [0.2, 0.25) is 0 Å². The van der Waals surface area contributed by atoms with Crippen LogP contribution in [0.25, 0.3) is 0 Å². The highest BCUT2D eigenvalue weighted by atomic mass is 19.2. The summed E-state index contributed by atoms with van der Waals surface area (Å²) in [6.45, 7) is 2.49. The number of piperazine rings is 1. The SMILES string of the molecule is O=C(Nc1ccc(N2CCN(c3c(F)c(F)c(F)c(F)c3F)CC2)cc1)c1cc([N+](=O)[O-])ccc1N1CCOCC1. The number of nitrogens with one attached hydrogen (secondary N) is 1. The number of nitrogens with zero attached hydrogens (tertiary/aromatic N) is 4. The Morgan fingerprint density at radius 2 is 1.32 bits per heavy atom. The van der Waals surface area contributed by atoms with Crippen molar-refractivity contribution in [2.75, 3.05) is 72.5 Å². The maximum atomic E-state index is 14.2. The Bertz CT molecular complexity index is 1450. The van der Waals surface area contributed by atoms with Crippen LogP contribution in [0.5, 0.6) is 0 Å². The van der Waals surface area contributed by atoms with Gasteiger partial charge in [0, 0.05) is 62.8 Å². The number of nitro benzene ring substituents is 1. The zero-order valence-electron chi connectivity index (χ0n) is 21.5. The van der Waals surface area contributed by atoms with E-state index < -0.39 is 45.6 Å². The van der Waals surface area contributed by atoms with Gasteiger partial charge in [-0.05, 0) is 30.3 Å². The summed E-state index contributed by atoms with van der Waals surface area (Å²) in [7, 11) is 0. The Morgan fingerprint density at radius 3 is 1.90 bits per heavy atom. The van der Waals surface area contributed by atoms with Crippen molar-refractivity contribution in [2.24, 2.45) is 0 Å². The van der Waals surface area contributed by atoms with Gasteiger partial charge in [-0.15, -0.1) is 0 Å². The largest absolute Gasteiger partial charge is 0.378 e. The Labute approximate surface area is 230 Å². The monoisotopic (exact) mass is 577 g/mol. The molecule has 2 saturated heterocycles. The van der Waals surface area contributed by atoms with Gasteiger partial charge in [-0.2, -0.15) is 0 Å². The summed E-state index contributed by atoms with van der Waals surface area (Å²) in [5, 5.41) is 14.1. The van der Waals surface area contributed by atoms with Gasteiger partial charge in [-0.25, -0.2) is 22.0 Å². The van der Waals surface area contributed by atoms with Gasteiger partial charge < -0.3 is 24.8 Å². The van der Waals surface area contributed by atoms with E-state index in [0.29, 0.717) is 43.4 Å². The second-order valence-corrected chi connectivity index (χ2v) is 9.45. The molecule has 2 aliphatic rings. The Hall–Kier alpha value is -4.46. The molecule has 3 aromatic rings. The van der Waals surface area contributed by atoms with Crippen molar-refractivity contribution < 1.29 is 36.4 Å². The lowest BCUT2D eigenvalue weighted by Crippen LogP contribution is -2.47. The molecule has 0 aromatic heterocycles. The molecule has 2 aliphatic heterocycles. The third-order valence-corrected chi connectivity index (χ3v) is 7.06. The number of carbonyl (C=O) groups is 1. The number of amides is 1. The molecule has 0 saturated carbocycles. The van der Waals surface area contributed by atoms with E-state index in [1.54, 1.807) is 30.3 Å². The van der Waals surface area contributed by atoms with Gasteiger partial charge in [0.2, 0.25) is 5.82 Å². The number of hydrogen-bond acceptors (Lipinski definition) is 7. The van der Waals surface area contributed by atoms with Crippen molar-refractivity contribution in [3.05, 3.63) is 87.2 Å². The van der Waals surface area contributed by atoms with Crippen LogP contribution in [0.4, 0.5) is 50.4 Å². The quantitative estimate of drug-likeness (QED) is 0.149. The van der Waals surface area contributed by atoms with E-state index >= 15 is 0 Å². The van der Waals surface area contributed by atoms with E-state index in [4.69, 9.17) is 4.74 Å². The van der Waals surface area contributed by atoms with Crippen molar-refractivity contribution in [3.63, 3.8) is 0 Å². The Balaban J connectivity index is 1.27. The molecule has 2 heterocycles. The summed E-state index contributed by atoms with van der Waals surface area (Å²) >= 11 is 0. The van der Waals surface area contributed by atoms with Gasteiger partial charge in [-0.1, -0.05) is 0 Å². The number of carbonyl (C=O) groups excluding carboxylic acids is 1. The molecule has 41 heavy (non-hydrogen) atoms. The summed E-state index contributed by atoms with van der Waals surface area (Å²) in [6, 6.07) is 10.8. The van der Waals surface area contributed by atoms with E-state index in [-0.39, 0.29) is 37.4 Å². The van der Waals surface area contributed by atoms with E-state index in [9.17, 15) is 36.9 Å². The van der Waals surface area contributed by atoms with Crippen LogP contribution in [0.1, 0.15) is 10.4 Å². The minimum Gasteiger partial charge on any atom is -0.378 e. The topological polar surface area (TPSA) is 91.2 Å². The highest BCUT2D eigenvalue weighted by molar-refractivity contribution is 6.08. The normalized spacial score (nSPS) is 15.7. The average molecular weight is 578 g/mol. The fraction of sp³-hybridized carbons (Fsp3) is 0.296. The zero-order valence-corrected chi connectivity index (χ0v) is 21.5. The fourth-order valence-corrected chi connectivity index (χ4v) is 4.91. The second-order valence-electron chi connectivity index (χ2n) is 9.45. The number of halogens is 5. The minimum atomic E-state index is -2.20. The van der Waals surface area contributed by atoms with E-state index in [2.05, 4.69) is 5.32 Å². The summed E-state index contributed by atoms with van der Waals surface area (Å²) in [5.74, 6) is -10.4. The lowest BCUT2D eigenvalue weighted by molar-refractivity contribution is -0.384. The van der Waals surface area contributed by atoms with Gasteiger partial charge in [0.05, 0.1) is 29.4 Å². The van der Waals surface area contributed by atoms with Crippen LogP contribution in [0, 0.1) is 39.2 Å². The highest BCUT2D eigenvalue weighted by Crippen LogP contribution is 2.32. The molecule has 1 N–H and O–H groups in total. The molecule has 0 atom stereocenters. The molecule has 216 valence electrons. The summed E-state index contributed by atoms with van der Waals surface area (Å²) < 4.78 is 74.5. The number of nitro groups is 1. The molecule has 2 fully saturated rings. The highest BCUT2D eigenvalue weighted by Gasteiger charge is 2.31. The first kappa shape index (κ1) is 28.1. The predicted octanol–water partition coefficient (Wildman–Crippen LogP) is 4.71. The second kappa shape index (κ2) is 11.6. The summed E-state index contributed by atoms with van der Waals surface area (Å²) in [4.78, 5) is 28.9. The molecular weight excluding hydrogens is 553 g/mol. The fourth-order valence-electron chi connectivity index (χ4n) is 4.91. The van der Waals surface area contributed by atoms with Gasteiger partial charge in [-0.3, -0.25) is 14.9 Å². The lowest BCUT2D eigenvalue weighted by atomic mass is 10.1. The van der Waals surface area contributed by atoms with Crippen LogP contribution in [0.15, 0.2) is 42.5 Å². The molecule has 1 amide bonds. The van der Waals surface area contributed by atoms with Crippen molar-refractivity contribution >= 4 is 34.3 Å². The summed E-state index contributed by atoms with van der Waals surface area (Å²) in [6.07, 6.45) is 0. The molecule has 9 nitrogen and oxygen atoms in total. The molecule has 0 unspecified atom stereocenters. The molecule has 0 bridgehead atoms. The summed E-state index contributed by atoms with van der Waals surface area (Å²) in [5.41, 5.74) is 0.681. The van der Waals surface area contributed by atoms with Gasteiger partial charge in [0.15, 0.2) is 23.3 Å². The van der Waals surface area contributed by atoms with Gasteiger partial charge in [0.1, 0.15) is 5.69 Å². The molecule has 0 spiro atoms. The van der Waals surface area contributed by atoms with E-state index in [1.807, 2.05) is 9.80 Å². The Morgan fingerprint density at radius 1 is 0.756 bits per heavy atom. The van der Waals surface area contributed by atoms with Crippen LogP contribution in [0.3, 0.4) is 0 Å². The third kappa shape index (κ3) is 5.59. The maximum absolute atomic E-state index is 14.2. The lowest BCUT2D eigenvalue weighted by Gasteiger charge is -2.37. The minimum absolute atomic E-state index is 0.00788. The number of morpholine rings is 1. The molecule has 5 rings (SSSR count). The van der Waals surface area contributed by atoms with Crippen molar-refractivity contribution in [1.82, 2.24) is 0 Å². The third-order valence-electron chi connectivity index (χ3n) is 7.06. The van der Waals surface area contributed by atoms with Crippen LogP contribution in [-0.4, -0.2) is 63.3 Å². The maximum Gasteiger partial charge on any atom is 0.270 e. The van der Waals surface area contributed by atoms with Crippen molar-refractivity contribution in [1.29, 1.82) is 0 Å². The average Bonchev–Trinajstić information content (AvgIpc) is 3.00. The standard InChI is InChI=1S/C27H24F5N5O4/c28-21-22(29)24(31)26(25(32)23(21)30)36-9-7-34(8-10-36)17-3-1-16(2-4-17)33-27(38)19-15-18(37(39)40)5-6-20(19)35-11-13-41-14-12-35/h1-6,15H,7-14H2,(H,33,38). The first-order chi connectivity index (χ1) is 19.7. The van der Waals surface area contributed by atoms with Gasteiger partial charge in [0.25, 0.3) is 11.6 Å². The van der Waals surface area contributed by atoms with Gasteiger partial charge >= 0.3 is 0 Å². The van der Waals surface area contributed by atoms with Crippen LogP contribution < -0.4 is 20.0 Å². The predicted molar refractivity (Wildman–Crippen MR) is 141 cm³/mol. The van der Waals surface area contributed by atoms with Crippen LogP contribution >= 0.6 is 0 Å². The van der Waals surface area contributed by atoms with Crippen LogP contribution in [-0.2, 0) is 4.74 Å². The van der Waals surface area contributed by atoms with E-state index in [0.717, 1.165) is 4.90 Å².